The van der Waals surface area contributed by atoms with E-state index in [9.17, 15) is 0 Å². The highest BCUT2D eigenvalue weighted by Crippen LogP contribution is 2.18. The van der Waals surface area contributed by atoms with Gasteiger partial charge in [0, 0.05) is 25.2 Å². The molecule has 0 aliphatic heterocycles. The third kappa shape index (κ3) is 5.11. The molecule has 2 rings (SSSR count). The number of nitrogens with one attached hydrogen (secondary N) is 1. The molecule has 1 N–H and O–H groups in total. The van der Waals surface area contributed by atoms with Gasteiger partial charge < -0.3 is 14.8 Å². The molecule has 0 atom stereocenters. The van der Waals surface area contributed by atoms with Gasteiger partial charge in [-0.05, 0) is 6.07 Å². The molecule has 1 aromatic heterocycles. The quantitative estimate of drug-likeness (QED) is 0.758. The van der Waals surface area contributed by atoms with Crippen molar-refractivity contribution in [3.63, 3.8) is 0 Å². The Morgan fingerprint density at radius 1 is 1.19 bits per heavy atom. The third-order valence-corrected chi connectivity index (χ3v) is 2.96. The van der Waals surface area contributed by atoms with Gasteiger partial charge in [0.25, 0.3) is 0 Å². The Kier molecular flexibility index (Phi) is 5.63. The Morgan fingerprint density at radius 3 is 2.67 bits per heavy atom. The number of aryl methyl sites for hydroxylation is 1. The molecule has 0 saturated heterocycles. The first-order chi connectivity index (χ1) is 10.1. The zero-order chi connectivity index (χ0) is 15.1. The van der Waals surface area contributed by atoms with Crippen molar-refractivity contribution in [2.75, 3.05) is 13.2 Å². The van der Waals surface area contributed by atoms with Crippen molar-refractivity contribution < 1.29 is 9.47 Å². The number of ether oxygens (including phenoxy) is 2. The van der Waals surface area contributed by atoms with Gasteiger partial charge in [0.1, 0.15) is 19.0 Å². The fourth-order valence-corrected chi connectivity index (χ4v) is 1.89. The van der Waals surface area contributed by atoms with Crippen molar-refractivity contribution in [1.82, 2.24) is 15.1 Å². The Bertz CT molecular complexity index is 552. The normalized spacial score (nSPS) is 10.9. The van der Waals surface area contributed by atoms with Crippen molar-refractivity contribution in [3.05, 3.63) is 42.2 Å². The van der Waals surface area contributed by atoms with Crippen molar-refractivity contribution in [2.24, 2.45) is 7.05 Å². The molecule has 114 valence electrons. The standard InChI is InChI=1S/C16H23N3O2/c1-13(2)17-10-14-6-4-5-7-16(14)21-9-8-20-15-11-18-19(3)12-15/h4-7,11-13,17H,8-10H2,1-3H3. The largest absolute Gasteiger partial charge is 0.490 e. The van der Waals surface area contributed by atoms with E-state index in [1.807, 2.05) is 31.4 Å². The monoisotopic (exact) mass is 289 g/mol. The third-order valence-electron chi connectivity index (χ3n) is 2.96. The summed E-state index contributed by atoms with van der Waals surface area (Å²) in [6, 6.07) is 8.52. The molecule has 0 aliphatic rings. The summed E-state index contributed by atoms with van der Waals surface area (Å²) in [5, 5.41) is 7.45. The highest BCUT2D eigenvalue weighted by Gasteiger charge is 2.04. The first-order valence-corrected chi connectivity index (χ1v) is 7.20. The van der Waals surface area contributed by atoms with Crippen LogP contribution in [-0.4, -0.2) is 29.0 Å². The molecule has 0 amide bonds. The molecule has 2 aromatic rings. The van der Waals surface area contributed by atoms with Crippen LogP contribution in [0.3, 0.4) is 0 Å². The minimum Gasteiger partial charge on any atom is -0.490 e. The second-order valence-electron chi connectivity index (χ2n) is 5.19. The SMILES string of the molecule is CC(C)NCc1ccccc1OCCOc1cnn(C)c1. The molecule has 0 unspecified atom stereocenters. The van der Waals surface area contributed by atoms with Crippen LogP contribution in [0.15, 0.2) is 36.7 Å². The summed E-state index contributed by atoms with van der Waals surface area (Å²) >= 11 is 0. The maximum absolute atomic E-state index is 5.81. The van der Waals surface area contributed by atoms with Crippen LogP contribution in [0.1, 0.15) is 19.4 Å². The van der Waals surface area contributed by atoms with Crippen molar-refractivity contribution in [3.8, 4) is 11.5 Å². The van der Waals surface area contributed by atoms with E-state index in [1.165, 1.54) is 0 Å². The Labute approximate surface area is 125 Å². The zero-order valence-corrected chi connectivity index (χ0v) is 12.9. The van der Waals surface area contributed by atoms with E-state index in [0.717, 1.165) is 23.6 Å². The van der Waals surface area contributed by atoms with Crippen LogP contribution in [-0.2, 0) is 13.6 Å². The van der Waals surface area contributed by atoms with Crippen molar-refractivity contribution >= 4 is 0 Å². The second kappa shape index (κ2) is 7.69. The molecule has 1 heterocycles. The summed E-state index contributed by atoms with van der Waals surface area (Å²) in [7, 11) is 1.86. The smallest absolute Gasteiger partial charge is 0.157 e. The van der Waals surface area contributed by atoms with E-state index in [0.29, 0.717) is 19.3 Å². The second-order valence-corrected chi connectivity index (χ2v) is 5.19. The van der Waals surface area contributed by atoms with Crippen LogP contribution < -0.4 is 14.8 Å². The number of rotatable bonds is 8. The average molecular weight is 289 g/mol. The molecule has 0 radical (unpaired) electrons. The summed E-state index contributed by atoms with van der Waals surface area (Å²) < 4.78 is 13.1. The highest BCUT2D eigenvalue weighted by atomic mass is 16.5. The van der Waals surface area contributed by atoms with Gasteiger partial charge in [0.05, 0.1) is 12.4 Å². The molecular weight excluding hydrogens is 266 g/mol. The predicted octanol–water partition coefficient (Wildman–Crippen LogP) is 2.38. The topological polar surface area (TPSA) is 48.3 Å². The lowest BCUT2D eigenvalue weighted by molar-refractivity contribution is 0.215. The molecule has 1 aromatic carbocycles. The highest BCUT2D eigenvalue weighted by molar-refractivity contribution is 5.33. The van der Waals surface area contributed by atoms with Crippen LogP contribution >= 0.6 is 0 Å². The van der Waals surface area contributed by atoms with Gasteiger partial charge in [-0.3, -0.25) is 4.68 Å². The molecule has 0 bridgehead atoms. The molecule has 5 heteroatoms. The van der Waals surface area contributed by atoms with Crippen LogP contribution in [0.4, 0.5) is 0 Å². The maximum Gasteiger partial charge on any atom is 0.157 e. The van der Waals surface area contributed by atoms with E-state index in [2.05, 4.69) is 30.3 Å². The van der Waals surface area contributed by atoms with Crippen LogP contribution in [0.2, 0.25) is 0 Å². The fourth-order valence-electron chi connectivity index (χ4n) is 1.89. The van der Waals surface area contributed by atoms with Crippen LogP contribution in [0.25, 0.3) is 0 Å². The maximum atomic E-state index is 5.81. The predicted molar refractivity (Wildman–Crippen MR) is 82.6 cm³/mol. The average Bonchev–Trinajstić information content (AvgIpc) is 2.88. The Morgan fingerprint density at radius 2 is 1.95 bits per heavy atom. The number of hydrogen-bond acceptors (Lipinski definition) is 4. The molecule has 5 nitrogen and oxygen atoms in total. The van der Waals surface area contributed by atoms with Crippen molar-refractivity contribution in [2.45, 2.75) is 26.4 Å². The van der Waals surface area contributed by atoms with Crippen LogP contribution in [0, 0.1) is 0 Å². The summed E-state index contributed by atoms with van der Waals surface area (Å²) in [4.78, 5) is 0. The van der Waals surface area contributed by atoms with Gasteiger partial charge in [0.15, 0.2) is 5.75 Å². The van der Waals surface area contributed by atoms with E-state index < -0.39 is 0 Å². The fraction of sp³-hybridized carbons (Fsp3) is 0.438. The summed E-state index contributed by atoms with van der Waals surface area (Å²) in [5.41, 5.74) is 1.16. The Hall–Kier alpha value is -2.01. The lowest BCUT2D eigenvalue weighted by Crippen LogP contribution is -2.22. The minimum atomic E-state index is 0.451. The number of hydrogen-bond donors (Lipinski definition) is 1. The zero-order valence-electron chi connectivity index (χ0n) is 12.9. The van der Waals surface area contributed by atoms with Gasteiger partial charge in [-0.15, -0.1) is 0 Å². The van der Waals surface area contributed by atoms with Gasteiger partial charge in [-0.1, -0.05) is 32.0 Å². The summed E-state index contributed by atoms with van der Waals surface area (Å²) in [6.45, 7) is 6.07. The number of nitrogens with zero attached hydrogens (tertiary/aromatic N) is 2. The first-order valence-electron chi connectivity index (χ1n) is 7.20. The first kappa shape index (κ1) is 15.4. The summed E-state index contributed by atoms with van der Waals surface area (Å²) in [5.74, 6) is 1.66. The molecule has 0 saturated carbocycles. The van der Waals surface area contributed by atoms with E-state index in [4.69, 9.17) is 9.47 Å². The number of aromatic nitrogens is 2. The lowest BCUT2D eigenvalue weighted by atomic mass is 10.2. The Balaban J connectivity index is 1.79. The molecule has 0 spiro atoms. The molecule has 0 aliphatic carbocycles. The van der Waals surface area contributed by atoms with Crippen LogP contribution in [0.5, 0.6) is 11.5 Å². The lowest BCUT2D eigenvalue weighted by Gasteiger charge is -2.13. The van der Waals surface area contributed by atoms with E-state index in [1.54, 1.807) is 10.9 Å². The molecule has 21 heavy (non-hydrogen) atoms. The summed E-state index contributed by atoms with van der Waals surface area (Å²) in [6.07, 6.45) is 3.53. The minimum absolute atomic E-state index is 0.451. The van der Waals surface area contributed by atoms with Gasteiger partial charge in [-0.25, -0.2) is 0 Å². The van der Waals surface area contributed by atoms with E-state index >= 15 is 0 Å². The van der Waals surface area contributed by atoms with Gasteiger partial charge in [0.2, 0.25) is 0 Å². The van der Waals surface area contributed by atoms with Gasteiger partial charge in [-0.2, -0.15) is 5.10 Å². The van der Waals surface area contributed by atoms with Gasteiger partial charge >= 0.3 is 0 Å². The van der Waals surface area contributed by atoms with E-state index in [-0.39, 0.29) is 0 Å². The number of benzene rings is 1. The number of para-hydroxylation sites is 1. The molecule has 0 fully saturated rings. The molecular formula is C16H23N3O2. The van der Waals surface area contributed by atoms with Crippen molar-refractivity contribution in [1.29, 1.82) is 0 Å².